The van der Waals surface area contributed by atoms with E-state index in [1.165, 1.54) is 39.0 Å². The number of para-hydroxylation sites is 3. The van der Waals surface area contributed by atoms with E-state index in [1.54, 1.807) is 6.20 Å². The van der Waals surface area contributed by atoms with Crippen LogP contribution >= 0.6 is 0 Å². The van der Waals surface area contributed by atoms with Crippen molar-refractivity contribution in [2.75, 3.05) is 0 Å². The predicted octanol–water partition coefficient (Wildman–Crippen LogP) is 7.97. The molecule has 0 spiro atoms. The molecule has 4 heteroatoms. The summed E-state index contributed by atoms with van der Waals surface area (Å²) in [5.74, 6) is 1.94. The number of hydrogen-bond acceptors (Lipinski definition) is 2. The summed E-state index contributed by atoms with van der Waals surface area (Å²) in [5, 5.41) is 2.16. The molecular formula is C32H32N3O+. The zero-order chi connectivity index (χ0) is 25.1. The minimum atomic E-state index is 0.393. The van der Waals surface area contributed by atoms with Crippen LogP contribution < -0.4 is 4.57 Å². The summed E-state index contributed by atoms with van der Waals surface area (Å²) in [6.45, 7) is 11.3. The summed E-state index contributed by atoms with van der Waals surface area (Å²) in [5.41, 5.74) is 10.6. The molecule has 3 aromatic heterocycles. The van der Waals surface area contributed by atoms with E-state index in [1.807, 2.05) is 12.3 Å². The minimum Gasteiger partial charge on any atom is -0.456 e. The van der Waals surface area contributed by atoms with Crippen LogP contribution in [0.15, 0.2) is 77.5 Å². The molecule has 0 fully saturated rings. The molecule has 0 saturated heterocycles. The fourth-order valence-corrected chi connectivity index (χ4v) is 5.63. The van der Waals surface area contributed by atoms with Gasteiger partial charge in [-0.3, -0.25) is 4.98 Å². The Morgan fingerprint density at radius 2 is 1.56 bits per heavy atom. The van der Waals surface area contributed by atoms with Crippen LogP contribution in [0.4, 0.5) is 0 Å². The van der Waals surface area contributed by atoms with Crippen molar-refractivity contribution in [3.8, 4) is 17.1 Å². The predicted molar refractivity (Wildman–Crippen MR) is 148 cm³/mol. The first-order valence-corrected chi connectivity index (χ1v) is 12.8. The standard InChI is InChI=1S/C32H32N3O/c1-19(2)22-10-9-11-23(20(3)4)31(22)35-28-13-8-7-12-27(28)34(6)32(35)24-17-30-25(16-21(24)5)26-18-33-15-14-29(26)36-30/h7-20H,1-6H3/q+1. The van der Waals surface area contributed by atoms with Crippen molar-refractivity contribution in [1.82, 2.24) is 9.55 Å². The number of aryl methyl sites for hydroxylation is 2. The molecule has 0 N–H and O–H groups in total. The molecule has 0 bridgehead atoms. The Morgan fingerprint density at radius 1 is 0.833 bits per heavy atom. The van der Waals surface area contributed by atoms with Gasteiger partial charge in [-0.1, -0.05) is 58.0 Å². The van der Waals surface area contributed by atoms with Crippen molar-refractivity contribution in [2.45, 2.75) is 46.5 Å². The van der Waals surface area contributed by atoms with E-state index in [4.69, 9.17) is 4.42 Å². The van der Waals surface area contributed by atoms with E-state index in [2.05, 4.69) is 110 Å². The normalized spacial score (nSPS) is 12.1. The van der Waals surface area contributed by atoms with Crippen LogP contribution in [0.5, 0.6) is 0 Å². The molecular weight excluding hydrogens is 442 g/mol. The van der Waals surface area contributed by atoms with E-state index in [9.17, 15) is 0 Å². The van der Waals surface area contributed by atoms with Gasteiger partial charge in [0.15, 0.2) is 11.0 Å². The zero-order valence-electron chi connectivity index (χ0n) is 21.8. The van der Waals surface area contributed by atoms with Crippen LogP contribution in [0.3, 0.4) is 0 Å². The highest BCUT2D eigenvalue weighted by Crippen LogP contribution is 2.39. The maximum atomic E-state index is 6.29. The Morgan fingerprint density at radius 3 is 2.28 bits per heavy atom. The van der Waals surface area contributed by atoms with E-state index in [0.717, 1.165) is 27.8 Å². The summed E-state index contributed by atoms with van der Waals surface area (Å²) in [4.78, 5) is 4.33. The number of rotatable bonds is 4. The van der Waals surface area contributed by atoms with Crippen molar-refractivity contribution < 1.29 is 8.98 Å². The molecule has 4 nitrogen and oxygen atoms in total. The molecule has 36 heavy (non-hydrogen) atoms. The lowest BCUT2D eigenvalue weighted by Gasteiger charge is -2.18. The van der Waals surface area contributed by atoms with Crippen molar-refractivity contribution >= 4 is 33.0 Å². The molecule has 0 amide bonds. The molecule has 0 radical (unpaired) electrons. The van der Waals surface area contributed by atoms with Gasteiger partial charge < -0.3 is 4.42 Å². The fraction of sp³-hybridized carbons (Fsp3) is 0.250. The smallest absolute Gasteiger partial charge is 0.295 e. The van der Waals surface area contributed by atoms with Crippen LogP contribution in [0, 0.1) is 6.92 Å². The Bertz CT molecular complexity index is 1740. The zero-order valence-corrected chi connectivity index (χ0v) is 21.8. The van der Waals surface area contributed by atoms with Gasteiger partial charge in [-0.15, -0.1) is 0 Å². The topological polar surface area (TPSA) is 34.8 Å². The SMILES string of the molecule is Cc1cc2c(cc1-c1n(-c3c(C(C)C)cccc3C(C)C)c3ccccc3[n+]1C)oc1ccncc12. The number of benzene rings is 3. The third kappa shape index (κ3) is 3.28. The average molecular weight is 475 g/mol. The van der Waals surface area contributed by atoms with Gasteiger partial charge in [0.1, 0.15) is 16.9 Å². The van der Waals surface area contributed by atoms with E-state index < -0.39 is 0 Å². The maximum Gasteiger partial charge on any atom is 0.295 e. The highest BCUT2D eigenvalue weighted by molar-refractivity contribution is 6.06. The van der Waals surface area contributed by atoms with Crippen LogP contribution in [0.2, 0.25) is 0 Å². The second-order valence-electron chi connectivity index (χ2n) is 10.4. The third-order valence-corrected chi connectivity index (χ3v) is 7.44. The average Bonchev–Trinajstić information content (AvgIpc) is 3.37. The van der Waals surface area contributed by atoms with Crippen LogP contribution in [0.1, 0.15) is 56.2 Å². The van der Waals surface area contributed by atoms with E-state index in [-0.39, 0.29) is 0 Å². The first kappa shape index (κ1) is 22.5. The number of fused-ring (bicyclic) bond motifs is 4. The second kappa shape index (κ2) is 8.34. The Labute approximate surface area is 211 Å². The van der Waals surface area contributed by atoms with Gasteiger partial charge in [-0.2, -0.15) is 4.57 Å². The summed E-state index contributed by atoms with van der Waals surface area (Å²) in [6.07, 6.45) is 3.68. The van der Waals surface area contributed by atoms with Crippen LogP contribution in [-0.2, 0) is 7.05 Å². The first-order chi connectivity index (χ1) is 17.4. The first-order valence-electron chi connectivity index (χ1n) is 12.8. The summed E-state index contributed by atoms with van der Waals surface area (Å²) < 4.78 is 11.1. The number of imidazole rings is 1. The van der Waals surface area contributed by atoms with E-state index in [0.29, 0.717) is 11.8 Å². The lowest BCUT2D eigenvalue weighted by molar-refractivity contribution is -0.633. The Balaban J connectivity index is 1.76. The number of furan rings is 1. The summed E-state index contributed by atoms with van der Waals surface area (Å²) >= 11 is 0. The summed E-state index contributed by atoms with van der Waals surface area (Å²) in [7, 11) is 2.17. The molecule has 0 aliphatic carbocycles. The highest BCUT2D eigenvalue weighted by atomic mass is 16.3. The lowest BCUT2D eigenvalue weighted by atomic mass is 9.92. The maximum absolute atomic E-state index is 6.29. The van der Waals surface area contributed by atoms with Gasteiger partial charge in [0, 0.05) is 34.3 Å². The number of nitrogens with zero attached hydrogens (tertiary/aromatic N) is 3. The fourth-order valence-electron chi connectivity index (χ4n) is 5.63. The van der Waals surface area contributed by atoms with Gasteiger partial charge in [0.05, 0.1) is 12.6 Å². The van der Waals surface area contributed by atoms with Gasteiger partial charge in [0.2, 0.25) is 0 Å². The van der Waals surface area contributed by atoms with Gasteiger partial charge >= 0.3 is 0 Å². The summed E-state index contributed by atoms with van der Waals surface area (Å²) in [6, 6.07) is 21.9. The van der Waals surface area contributed by atoms with Crippen LogP contribution in [-0.4, -0.2) is 9.55 Å². The molecule has 3 aromatic carbocycles. The molecule has 3 heterocycles. The second-order valence-corrected chi connectivity index (χ2v) is 10.4. The van der Waals surface area contributed by atoms with Gasteiger partial charge in [-0.25, -0.2) is 4.57 Å². The van der Waals surface area contributed by atoms with Crippen LogP contribution in [0.25, 0.3) is 50.0 Å². The van der Waals surface area contributed by atoms with Gasteiger partial charge in [-0.05, 0) is 54.7 Å². The molecule has 0 aliphatic rings. The molecule has 6 rings (SSSR count). The van der Waals surface area contributed by atoms with E-state index >= 15 is 0 Å². The quantitative estimate of drug-likeness (QED) is 0.243. The number of hydrogen-bond donors (Lipinski definition) is 0. The van der Waals surface area contributed by atoms with Gasteiger partial charge in [0.25, 0.3) is 5.82 Å². The molecule has 0 atom stereocenters. The molecule has 0 saturated carbocycles. The number of aromatic nitrogens is 3. The van der Waals surface area contributed by atoms with Crippen molar-refractivity contribution in [2.24, 2.45) is 7.05 Å². The molecule has 0 aliphatic heterocycles. The Hall–Kier alpha value is -3.92. The lowest BCUT2D eigenvalue weighted by Crippen LogP contribution is -2.30. The van der Waals surface area contributed by atoms with Crippen molar-refractivity contribution in [3.05, 3.63) is 89.7 Å². The third-order valence-electron chi connectivity index (χ3n) is 7.44. The minimum absolute atomic E-state index is 0.393. The molecule has 6 aromatic rings. The Kier molecular flexibility index (Phi) is 5.22. The van der Waals surface area contributed by atoms with Crippen molar-refractivity contribution in [1.29, 1.82) is 0 Å². The molecule has 180 valence electrons. The largest absolute Gasteiger partial charge is 0.456 e. The number of pyridine rings is 1. The molecule has 0 unspecified atom stereocenters. The monoisotopic (exact) mass is 474 g/mol. The van der Waals surface area contributed by atoms with Crippen molar-refractivity contribution in [3.63, 3.8) is 0 Å². The highest BCUT2D eigenvalue weighted by Gasteiger charge is 2.31.